The number of nitrogens with zero attached hydrogens (tertiary/aromatic N) is 3. The highest BCUT2D eigenvalue weighted by molar-refractivity contribution is 5.88. The van der Waals surface area contributed by atoms with Crippen molar-refractivity contribution in [3.05, 3.63) is 52.9 Å². The van der Waals surface area contributed by atoms with Crippen LogP contribution in [0.15, 0.2) is 46.9 Å². The van der Waals surface area contributed by atoms with Crippen molar-refractivity contribution in [2.75, 3.05) is 14.2 Å². The third-order valence-electron chi connectivity index (χ3n) is 3.57. The summed E-state index contributed by atoms with van der Waals surface area (Å²) in [5.74, 6) is -0.0968. The Labute approximate surface area is 142 Å². The van der Waals surface area contributed by atoms with Crippen LogP contribution in [0, 0.1) is 4.91 Å². The van der Waals surface area contributed by atoms with E-state index in [9.17, 15) is 9.70 Å². The molecule has 0 aliphatic carbocycles. The number of ether oxygens (including phenoxy) is 1. The summed E-state index contributed by atoms with van der Waals surface area (Å²) < 4.78 is 11.5. The lowest BCUT2D eigenvalue weighted by atomic mass is 10.1. The Morgan fingerprint density at radius 2 is 1.68 bits per heavy atom. The molecule has 8 nitrogen and oxygen atoms in total. The van der Waals surface area contributed by atoms with Crippen molar-refractivity contribution in [2.45, 2.75) is 0 Å². The van der Waals surface area contributed by atoms with Gasteiger partial charge in [-0.3, -0.25) is 0 Å². The number of carboxylic acid groups (broad SMARTS) is 1. The topological polar surface area (TPSA) is 106 Å². The van der Waals surface area contributed by atoms with E-state index in [0.29, 0.717) is 27.3 Å². The van der Waals surface area contributed by atoms with Gasteiger partial charge in [0.2, 0.25) is 11.8 Å². The molecule has 0 amide bonds. The molecule has 0 saturated carbocycles. The largest absolute Gasteiger partial charge is 0.490 e. The molecule has 0 bridgehead atoms. The molecular formula is C17H14N3O5+. The van der Waals surface area contributed by atoms with E-state index in [1.54, 1.807) is 30.3 Å². The summed E-state index contributed by atoms with van der Waals surface area (Å²) in [6.07, 6.45) is 0. The van der Waals surface area contributed by atoms with E-state index in [2.05, 4.69) is 10.2 Å². The third kappa shape index (κ3) is 3.23. The molecule has 0 unspecified atom stereocenters. The number of benzene rings is 2. The number of hydrogen-bond acceptors (Lipinski definition) is 6. The molecular weight excluding hydrogens is 326 g/mol. The Bertz CT molecular complexity index is 947. The number of carbonyl (C=O) groups is 1. The average molecular weight is 340 g/mol. The minimum atomic E-state index is -1.01. The van der Waals surface area contributed by atoms with E-state index in [-0.39, 0.29) is 17.3 Å². The molecule has 1 N–H and O–H groups in total. The highest BCUT2D eigenvalue weighted by Gasteiger charge is 2.18. The molecule has 0 aliphatic heterocycles. The van der Waals surface area contributed by atoms with Gasteiger partial charge in [0.15, 0.2) is 12.8 Å². The molecule has 0 aliphatic rings. The molecule has 2 aromatic carbocycles. The van der Waals surface area contributed by atoms with E-state index >= 15 is 0 Å². The smallest absolute Gasteiger partial charge is 0.335 e. The number of carboxylic acids is 1. The Morgan fingerprint density at radius 1 is 1.08 bits per heavy atom. The highest BCUT2D eigenvalue weighted by atomic mass is 16.5. The fourth-order valence-electron chi connectivity index (χ4n) is 2.28. The molecule has 0 spiro atoms. The highest BCUT2D eigenvalue weighted by Crippen LogP contribution is 2.32. The first-order chi connectivity index (χ1) is 12.0. The fraction of sp³-hybridized carbons (Fsp3) is 0.118. The number of hydrogen-bond donors (Lipinski definition) is 1. The molecule has 3 rings (SSSR count). The lowest BCUT2D eigenvalue weighted by molar-refractivity contribution is -0.429. The summed E-state index contributed by atoms with van der Waals surface area (Å²) in [4.78, 5) is 22.4. The zero-order chi connectivity index (χ0) is 18.0. The van der Waals surface area contributed by atoms with E-state index in [1.165, 1.54) is 26.3 Å². The Kier molecular flexibility index (Phi) is 4.25. The molecule has 0 saturated heterocycles. The van der Waals surface area contributed by atoms with Crippen LogP contribution >= 0.6 is 0 Å². The van der Waals surface area contributed by atoms with E-state index in [1.807, 2.05) is 0 Å². The quantitative estimate of drug-likeness (QED) is 0.711. The van der Waals surface area contributed by atoms with Gasteiger partial charge in [-0.2, -0.15) is 0 Å². The second-order valence-corrected chi connectivity index (χ2v) is 5.18. The maximum atomic E-state index is 11.5. The van der Waals surface area contributed by atoms with Crippen molar-refractivity contribution < 1.29 is 23.8 Å². The zero-order valence-corrected chi connectivity index (χ0v) is 13.5. The van der Waals surface area contributed by atoms with Crippen LogP contribution in [0.25, 0.3) is 22.9 Å². The molecule has 8 heteroatoms. The van der Waals surface area contributed by atoms with Crippen LogP contribution in [0.3, 0.4) is 0 Å². The number of nitroso groups, excluding NO2 is 1. The van der Waals surface area contributed by atoms with Gasteiger partial charge in [-0.1, -0.05) is 0 Å². The first-order valence-electron chi connectivity index (χ1n) is 7.26. The first kappa shape index (κ1) is 16.3. The van der Waals surface area contributed by atoms with Crippen molar-refractivity contribution >= 4 is 11.7 Å². The van der Waals surface area contributed by atoms with E-state index in [4.69, 9.17) is 14.3 Å². The van der Waals surface area contributed by atoms with Gasteiger partial charge in [-0.05, 0) is 36.4 Å². The third-order valence-corrected chi connectivity index (χ3v) is 3.57. The molecule has 1 aromatic heterocycles. The molecule has 0 atom stereocenters. The summed E-state index contributed by atoms with van der Waals surface area (Å²) in [5.41, 5.74) is 1.76. The summed E-state index contributed by atoms with van der Waals surface area (Å²) in [7, 11) is 2.85. The van der Waals surface area contributed by atoms with Crippen molar-refractivity contribution in [3.8, 4) is 28.7 Å². The predicted octanol–water partition coefficient (Wildman–Crippen LogP) is 3.15. The fourth-order valence-corrected chi connectivity index (χ4v) is 2.28. The lowest BCUT2D eigenvalue weighted by Crippen LogP contribution is -1.95. The van der Waals surface area contributed by atoms with E-state index in [0.717, 1.165) is 0 Å². The second-order valence-electron chi connectivity index (χ2n) is 5.18. The Balaban J connectivity index is 1.93. The standard InChI is InChI=1S/C17H13N3O5/c1-20(23)13-8-7-12(9-14(13)24-2)16-19-18-15(25-16)10-3-5-11(6-4-10)17(21)22/h3-9H,1-2H3/p+1. The van der Waals surface area contributed by atoms with Crippen LogP contribution in [0.5, 0.6) is 5.75 Å². The first-order valence-corrected chi connectivity index (χ1v) is 7.26. The second kappa shape index (κ2) is 6.52. The minimum Gasteiger partial charge on any atom is -0.490 e. The molecule has 1 heterocycles. The van der Waals surface area contributed by atoms with Gasteiger partial charge in [0, 0.05) is 26.9 Å². The molecule has 3 aromatic rings. The average Bonchev–Trinajstić information content (AvgIpc) is 3.11. The zero-order valence-electron chi connectivity index (χ0n) is 13.5. The Morgan fingerprint density at radius 3 is 2.24 bits per heavy atom. The van der Waals surface area contributed by atoms with Gasteiger partial charge in [0.25, 0.3) is 5.69 Å². The van der Waals surface area contributed by atoms with Gasteiger partial charge in [0.05, 0.1) is 12.7 Å². The van der Waals surface area contributed by atoms with Gasteiger partial charge in [-0.25, -0.2) is 4.79 Å². The van der Waals surface area contributed by atoms with Crippen molar-refractivity contribution in [2.24, 2.45) is 0 Å². The van der Waals surface area contributed by atoms with Crippen LogP contribution in [0.1, 0.15) is 10.4 Å². The van der Waals surface area contributed by atoms with Gasteiger partial charge in [-0.15, -0.1) is 10.2 Å². The predicted molar refractivity (Wildman–Crippen MR) is 87.9 cm³/mol. The van der Waals surface area contributed by atoms with Crippen LogP contribution in [0.2, 0.25) is 0 Å². The summed E-state index contributed by atoms with van der Waals surface area (Å²) in [5, 5.41) is 16.9. The van der Waals surface area contributed by atoms with Gasteiger partial charge >= 0.3 is 5.97 Å². The summed E-state index contributed by atoms with van der Waals surface area (Å²) in [6, 6.07) is 11.0. The SMILES string of the molecule is COc1cc(-c2nnc(-c3ccc(C(=O)O)cc3)o2)ccc1[N+](C)=O. The number of methoxy groups -OCH3 is 1. The molecule has 0 fully saturated rings. The molecule has 25 heavy (non-hydrogen) atoms. The Hall–Kier alpha value is -3.55. The van der Waals surface area contributed by atoms with E-state index < -0.39 is 5.97 Å². The lowest BCUT2D eigenvalue weighted by Gasteiger charge is -2.02. The van der Waals surface area contributed by atoms with Crippen LogP contribution in [-0.2, 0) is 0 Å². The van der Waals surface area contributed by atoms with Crippen LogP contribution < -0.4 is 4.74 Å². The summed E-state index contributed by atoms with van der Waals surface area (Å²) in [6.45, 7) is 0. The number of aromatic nitrogens is 2. The van der Waals surface area contributed by atoms with Crippen LogP contribution in [0.4, 0.5) is 5.69 Å². The molecule has 126 valence electrons. The van der Waals surface area contributed by atoms with Crippen molar-refractivity contribution in [1.29, 1.82) is 0 Å². The minimum absolute atomic E-state index is 0.172. The number of rotatable bonds is 5. The normalized spacial score (nSPS) is 10.5. The monoisotopic (exact) mass is 340 g/mol. The van der Waals surface area contributed by atoms with Gasteiger partial charge in [0.1, 0.15) is 0 Å². The number of aromatic carboxylic acids is 1. The molecule has 0 radical (unpaired) electrons. The van der Waals surface area contributed by atoms with Crippen molar-refractivity contribution in [1.82, 2.24) is 10.2 Å². The van der Waals surface area contributed by atoms with Crippen LogP contribution in [-0.4, -0.2) is 40.2 Å². The van der Waals surface area contributed by atoms with Crippen molar-refractivity contribution in [3.63, 3.8) is 0 Å². The maximum Gasteiger partial charge on any atom is 0.335 e. The van der Waals surface area contributed by atoms with Gasteiger partial charge < -0.3 is 14.3 Å². The summed E-state index contributed by atoms with van der Waals surface area (Å²) >= 11 is 0. The maximum absolute atomic E-state index is 11.5.